The molecule has 33 heavy (non-hydrogen) atoms. The number of anilines is 2. The first-order valence-corrected chi connectivity index (χ1v) is 13.3. The molecule has 1 heterocycles. The highest BCUT2D eigenvalue weighted by Gasteiger charge is 2.18. The maximum absolute atomic E-state index is 13.0. The Balaban J connectivity index is 1.81. The van der Waals surface area contributed by atoms with Crippen LogP contribution in [0.15, 0.2) is 52.7 Å². The van der Waals surface area contributed by atoms with Gasteiger partial charge in [0.2, 0.25) is 5.91 Å². The minimum atomic E-state index is -3.81. The van der Waals surface area contributed by atoms with Crippen molar-refractivity contribution in [3.8, 4) is 17.0 Å². The van der Waals surface area contributed by atoms with Crippen molar-refractivity contribution in [1.29, 1.82) is 0 Å². The molecule has 0 spiro atoms. The van der Waals surface area contributed by atoms with E-state index in [1.54, 1.807) is 37.3 Å². The Morgan fingerprint density at radius 3 is 2.52 bits per heavy atom. The van der Waals surface area contributed by atoms with Gasteiger partial charge < -0.3 is 10.1 Å². The average molecular weight is 488 g/mol. The Bertz CT molecular complexity index is 1190. The number of sulfonamides is 1. The van der Waals surface area contributed by atoms with E-state index in [4.69, 9.17) is 4.74 Å². The third kappa shape index (κ3) is 6.55. The lowest BCUT2D eigenvalue weighted by Gasteiger charge is -2.13. The molecule has 3 aromatic rings. The van der Waals surface area contributed by atoms with Gasteiger partial charge in [-0.05, 0) is 48.7 Å². The molecule has 9 heteroatoms. The molecule has 0 aliphatic heterocycles. The number of rotatable bonds is 11. The number of aromatic nitrogens is 1. The van der Waals surface area contributed by atoms with E-state index in [0.717, 1.165) is 31.2 Å². The molecule has 0 unspecified atom stereocenters. The van der Waals surface area contributed by atoms with Crippen LogP contribution in [0.3, 0.4) is 0 Å². The molecule has 0 saturated heterocycles. The van der Waals surface area contributed by atoms with E-state index < -0.39 is 10.0 Å². The number of hydrogen-bond donors (Lipinski definition) is 2. The van der Waals surface area contributed by atoms with Crippen molar-refractivity contribution in [1.82, 2.24) is 4.98 Å². The minimum absolute atomic E-state index is 0.115. The second kappa shape index (κ2) is 11.3. The quantitative estimate of drug-likeness (QED) is 0.338. The topological polar surface area (TPSA) is 97.4 Å². The zero-order valence-electron chi connectivity index (χ0n) is 19.1. The van der Waals surface area contributed by atoms with Crippen molar-refractivity contribution in [2.24, 2.45) is 0 Å². The fourth-order valence-electron chi connectivity index (χ4n) is 3.24. The van der Waals surface area contributed by atoms with E-state index in [9.17, 15) is 13.2 Å². The number of thiazole rings is 1. The largest absolute Gasteiger partial charge is 0.495 e. The molecule has 0 aliphatic carbocycles. The first-order valence-electron chi connectivity index (χ1n) is 10.9. The third-order valence-electron chi connectivity index (χ3n) is 5.11. The molecule has 2 aromatic carbocycles. The number of ether oxygens (including phenoxy) is 1. The lowest BCUT2D eigenvalue weighted by molar-refractivity contribution is -0.115. The highest BCUT2D eigenvalue weighted by Crippen LogP contribution is 2.33. The Morgan fingerprint density at radius 1 is 1.09 bits per heavy atom. The van der Waals surface area contributed by atoms with Gasteiger partial charge >= 0.3 is 0 Å². The van der Waals surface area contributed by atoms with Gasteiger partial charge in [0.15, 0.2) is 5.13 Å². The Kier molecular flexibility index (Phi) is 8.46. The molecule has 0 fully saturated rings. The van der Waals surface area contributed by atoms with Crippen molar-refractivity contribution in [3.05, 3.63) is 53.4 Å². The number of amides is 1. The van der Waals surface area contributed by atoms with Crippen molar-refractivity contribution in [2.75, 3.05) is 17.1 Å². The van der Waals surface area contributed by atoms with Crippen LogP contribution in [0.2, 0.25) is 0 Å². The van der Waals surface area contributed by atoms with E-state index in [0.29, 0.717) is 34.2 Å². The number of unbranched alkanes of at least 4 members (excludes halogenated alkanes) is 2. The fourth-order valence-corrected chi connectivity index (χ4v) is 5.03. The second-order valence-corrected chi connectivity index (χ2v) is 10.1. The monoisotopic (exact) mass is 487 g/mol. The number of nitrogens with one attached hydrogen (secondary N) is 2. The summed E-state index contributed by atoms with van der Waals surface area (Å²) in [5.41, 5.74) is 2.77. The van der Waals surface area contributed by atoms with Gasteiger partial charge in [0, 0.05) is 17.4 Å². The van der Waals surface area contributed by atoms with E-state index in [2.05, 4.69) is 21.9 Å². The SMILES string of the molecule is CCCCCc1ccc(S(=O)(=O)Nc2cc(-c3csc(NC(=O)CC)n3)ccc2OC)cc1. The normalized spacial score (nSPS) is 11.2. The number of methoxy groups -OCH3 is 1. The second-order valence-electron chi connectivity index (χ2n) is 7.56. The summed E-state index contributed by atoms with van der Waals surface area (Å²) >= 11 is 1.31. The number of aryl methyl sites for hydroxylation is 1. The molecule has 1 aromatic heterocycles. The molecule has 3 rings (SSSR count). The van der Waals surface area contributed by atoms with Gasteiger partial charge in [0.05, 0.1) is 23.4 Å². The van der Waals surface area contributed by atoms with Gasteiger partial charge in [-0.15, -0.1) is 11.3 Å². The van der Waals surface area contributed by atoms with Crippen molar-refractivity contribution in [2.45, 2.75) is 50.8 Å². The van der Waals surface area contributed by atoms with Crippen LogP contribution in [-0.4, -0.2) is 26.4 Å². The molecule has 0 saturated carbocycles. The minimum Gasteiger partial charge on any atom is -0.495 e. The van der Waals surface area contributed by atoms with Crippen molar-refractivity contribution < 1.29 is 17.9 Å². The van der Waals surface area contributed by atoms with Gasteiger partial charge in [0.1, 0.15) is 5.75 Å². The van der Waals surface area contributed by atoms with Crippen LogP contribution in [0, 0.1) is 0 Å². The summed E-state index contributed by atoms with van der Waals surface area (Å²) in [5.74, 6) is 0.281. The van der Waals surface area contributed by atoms with E-state index in [-0.39, 0.29) is 10.8 Å². The van der Waals surface area contributed by atoms with E-state index >= 15 is 0 Å². The summed E-state index contributed by atoms with van der Waals surface area (Å²) in [6.07, 6.45) is 4.69. The van der Waals surface area contributed by atoms with Crippen LogP contribution >= 0.6 is 11.3 Å². The van der Waals surface area contributed by atoms with E-state index in [1.165, 1.54) is 18.4 Å². The van der Waals surface area contributed by atoms with Gasteiger partial charge in [0.25, 0.3) is 10.0 Å². The maximum Gasteiger partial charge on any atom is 0.262 e. The molecule has 0 atom stereocenters. The maximum atomic E-state index is 13.0. The molecule has 7 nitrogen and oxygen atoms in total. The van der Waals surface area contributed by atoms with Gasteiger partial charge in [-0.3, -0.25) is 9.52 Å². The van der Waals surface area contributed by atoms with Crippen LogP contribution < -0.4 is 14.8 Å². The van der Waals surface area contributed by atoms with Crippen LogP contribution in [0.4, 0.5) is 10.8 Å². The highest BCUT2D eigenvalue weighted by molar-refractivity contribution is 7.92. The smallest absolute Gasteiger partial charge is 0.262 e. The zero-order chi connectivity index (χ0) is 23.8. The predicted octanol–water partition coefficient (Wildman–Crippen LogP) is 5.70. The number of carbonyl (C=O) groups is 1. The van der Waals surface area contributed by atoms with Gasteiger partial charge in [-0.25, -0.2) is 13.4 Å². The molecule has 0 bridgehead atoms. The van der Waals surface area contributed by atoms with Gasteiger partial charge in [-0.2, -0.15) is 0 Å². The summed E-state index contributed by atoms with van der Waals surface area (Å²) in [6, 6.07) is 12.1. The average Bonchev–Trinajstić information content (AvgIpc) is 3.27. The van der Waals surface area contributed by atoms with Gasteiger partial charge in [-0.1, -0.05) is 38.8 Å². The number of carbonyl (C=O) groups excluding carboxylic acids is 1. The summed E-state index contributed by atoms with van der Waals surface area (Å²) < 4.78 is 34.0. The number of benzene rings is 2. The summed E-state index contributed by atoms with van der Waals surface area (Å²) in [6.45, 7) is 3.92. The number of nitrogens with zero attached hydrogens (tertiary/aromatic N) is 1. The number of hydrogen-bond acceptors (Lipinski definition) is 6. The first kappa shape index (κ1) is 24.7. The molecule has 2 N–H and O–H groups in total. The molecule has 0 radical (unpaired) electrons. The van der Waals surface area contributed by atoms with Crippen LogP contribution in [0.5, 0.6) is 5.75 Å². The van der Waals surface area contributed by atoms with Crippen molar-refractivity contribution in [3.63, 3.8) is 0 Å². The molecule has 1 amide bonds. The standard InChI is InChI=1S/C24H29N3O4S2/c1-4-6-7-8-17-9-12-19(13-10-17)33(29,30)27-20-15-18(11-14-22(20)31-3)21-16-32-24(25-21)26-23(28)5-2/h9-16,27H,4-8H2,1-3H3,(H,25,26,28). The van der Waals surface area contributed by atoms with Crippen molar-refractivity contribution >= 4 is 38.1 Å². The molecule has 0 aliphatic rings. The fraction of sp³-hybridized carbons (Fsp3) is 0.333. The summed E-state index contributed by atoms with van der Waals surface area (Å²) in [4.78, 5) is 16.2. The first-order chi connectivity index (χ1) is 15.9. The lowest BCUT2D eigenvalue weighted by atomic mass is 10.1. The predicted molar refractivity (Wildman–Crippen MR) is 134 cm³/mol. The van der Waals surface area contributed by atoms with Crippen LogP contribution in [0.1, 0.15) is 45.1 Å². The van der Waals surface area contributed by atoms with Crippen LogP contribution in [-0.2, 0) is 21.2 Å². The zero-order valence-corrected chi connectivity index (χ0v) is 20.7. The van der Waals surface area contributed by atoms with Crippen LogP contribution in [0.25, 0.3) is 11.3 Å². The van der Waals surface area contributed by atoms with E-state index in [1.807, 2.05) is 17.5 Å². The highest BCUT2D eigenvalue weighted by atomic mass is 32.2. The third-order valence-corrected chi connectivity index (χ3v) is 7.25. The molecular weight excluding hydrogens is 458 g/mol. The Morgan fingerprint density at radius 2 is 1.85 bits per heavy atom. The molecular formula is C24H29N3O4S2. The Labute approximate surface area is 199 Å². The lowest BCUT2D eigenvalue weighted by Crippen LogP contribution is -2.13. The Hall–Kier alpha value is -2.91. The molecule has 176 valence electrons. The summed E-state index contributed by atoms with van der Waals surface area (Å²) in [7, 11) is -2.32. The summed E-state index contributed by atoms with van der Waals surface area (Å²) in [5, 5.41) is 5.03.